The lowest BCUT2D eigenvalue weighted by Gasteiger charge is -2.35. The predicted octanol–water partition coefficient (Wildman–Crippen LogP) is 3.05. The molecule has 0 unspecified atom stereocenters. The Hall–Kier alpha value is -1.71. The Morgan fingerprint density at radius 3 is 2.55 bits per heavy atom. The van der Waals surface area contributed by atoms with E-state index >= 15 is 0 Å². The number of carboxylic acids is 1. The van der Waals surface area contributed by atoms with Gasteiger partial charge in [-0.1, -0.05) is 25.3 Å². The highest BCUT2D eigenvalue weighted by Crippen LogP contribution is 2.45. The van der Waals surface area contributed by atoms with Gasteiger partial charge in [0.15, 0.2) is 11.5 Å². The van der Waals surface area contributed by atoms with Gasteiger partial charge in [0.05, 0.1) is 5.41 Å². The minimum Gasteiger partial charge on any atom is -0.486 e. The number of hydrogen-bond acceptors (Lipinski definition) is 3. The minimum absolute atomic E-state index is 0.525. The smallest absolute Gasteiger partial charge is 0.314 e. The largest absolute Gasteiger partial charge is 0.486 e. The van der Waals surface area contributed by atoms with E-state index < -0.39 is 11.4 Å². The third-order valence-corrected chi connectivity index (χ3v) is 4.59. The molecule has 0 aromatic heterocycles. The lowest BCUT2D eigenvalue weighted by molar-refractivity contribution is -0.145. The van der Waals surface area contributed by atoms with E-state index in [-0.39, 0.29) is 0 Å². The SMILES string of the molecule is Cc1c(C2(C(=O)O)CCCCC2)ccc2c1OCCO2. The summed E-state index contributed by atoms with van der Waals surface area (Å²) >= 11 is 0. The van der Waals surface area contributed by atoms with Crippen LogP contribution in [0.1, 0.15) is 43.2 Å². The fourth-order valence-electron chi connectivity index (χ4n) is 3.53. The van der Waals surface area contributed by atoms with E-state index in [1.807, 2.05) is 19.1 Å². The van der Waals surface area contributed by atoms with Crippen molar-refractivity contribution < 1.29 is 19.4 Å². The average Bonchev–Trinajstić information content (AvgIpc) is 2.48. The number of ether oxygens (including phenoxy) is 2. The molecule has 0 atom stereocenters. The lowest BCUT2D eigenvalue weighted by atomic mass is 9.68. The monoisotopic (exact) mass is 276 g/mol. The number of carboxylic acid groups (broad SMARTS) is 1. The highest BCUT2D eigenvalue weighted by atomic mass is 16.6. The molecule has 4 heteroatoms. The second kappa shape index (κ2) is 5.00. The van der Waals surface area contributed by atoms with Gasteiger partial charge in [0.2, 0.25) is 0 Å². The standard InChI is InChI=1S/C16H20O4/c1-11-12(5-6-13-14(11)20-10-9-19-13)16(15(17)18)7-3-2-4-8-16/h5-6H,2-4,7-10H2,1H3,(H,17,18). The number of carbonyl (C=O) groups is 1. The van der Waals surface area contributed by atoms with Crippen molar-refractivity contribution in [3.63, 3.8) is 0 Å². The van der Waals surface area contributed by atoms with Crippen LogP contribution < -0.4 is 9.47 Å². The maximum Gasteiger partial charge on any atom is 0.314 e. The summed E-state index contributed by atoms with van der Waals surface area (Å²) in [4.78, 5) is 11.9. The van der Waals surface area contributed by atoms with Gasteiger partial charge in [-0.05, 0) is 37.0 Å². The second-order valence-electron chi connectivity index (χ2n) is 5.71. The van der Waals surface area contributed by atoms with E-state index in [4.69, 9.17) is 9.47 Å². The van der Waals surface area contributed by atoms with Gasteiger partial charge < -0.3 is 14.6 Å². The molecule has 1 aliphatic heterocycles. The summed E-state index contributed by atoms with van der Waals surface area (Å²) in [7, 11) is 0. The first-order chi connectivity index (χ1) is 9.65. The lowest BCUT2D eigenvalue weighted by Crippen LogP contribution is -2.38. The fraction of sp³-hybridized carbons (Fsp3) is 0.562. The summed E-state index contributed by atoms with van der Waals surface area (Å²) in [6.45, 7) is 3.02. The molecular weight excluding hydrogens is 256 g/mol. The molecule has 20 heavy (non-hydrogen) atoms. The molecule has 0 spiro atoms. The average molecular weight is 276 g/mol. The maximum absolute atomic E-state index is 11.9. The van der Waals surface area contributed by atoms with Gasteiger partial charge in [-0.2, -0.15) is 0 Å². The number of rotatable bonds is 2. The Balaban J connectivity index is 2.10. The van der Waals surface area contributed by atoms with Gasteiger partial charge in [-0.3, -0.25) is 4.79 Å². The van der Waals surface area contributed by atoms with E-state index in [1.54, 1.807) is 0 Å². The van der Waals surface area contributed by atoms with E-state index in [9.17, 15) is 9.90 Å². The van der Waals surface area contributed by atoms with Crippen molar-refractivity contribution in [1.29, 1.82) is 0 Å². The molecule has 108 valence electrons. The normalized spacial score (nSPS) is 20.4. The predicted molar refractivity (Wildman–Crippen MR) is 74.6 cm³/mol. The van der Waals surface area contributed by atoms with Crippen molar-refractivity contribution in [2.45, 2.75) is 44.4 Å². The third-order valence-electron chi connectivity index (χ3n) is 4.59. The molecule has 1 saturated carbocycles. The zero-order valence-electron chi connectivity index (χ0n) is 11.8. The van der Waals surface area contributed by atoms with Crippen LogP contribution in [0.25, 0.3) is 0 Å². The van der Waals surface area contributed by atoms with E-state index in [0.717, 1.165) is 41.9 Å². The highest BCUT2D eigenvalue weighted by Gasteiger charge is 2.43. The van der Waals surface area contributed by atoms with Crippen LogP contribution >= 0.6 is 0 Å². The number of aliphatic carboxylic acids is 1. The molecule has 2 aliphatic rings. The van der Waals surface area contributed by atoms with Crippen LogP contribution in [0.5, 0.6) is 11.5 Å². The molecule has 1 fully saturated rings. The second-order valence-corrected chi connectivity index (χ2v) is 5.71. The Labute approximate surface area is 118 Å². The number of hydrogen-bond donors (Lipinski definition) is 1. The number of fused-ring (bicyclic) bond motifs is 1. The molecule has 0 bridgehead atoms. The van der Waals surface area contributed by atoms with E-state index in [1.165, 1.54) is 0 Å². The Morgan fingerprint density at radius 2 is 1.85 bits per heavy atom. The van der Waals surface area contributed by atoms with Crippen LogP contribution in [0, 0.1) is 6.92 Å². The quantitative estimate of drug-likeness (QED) is 0.902. The zero-order valence-corrected chi connectivity index (χ0v) is 11.8. The van der Waals surface area contributed by atoms with Crippen molar-refractivity contribution in [2.75, 3.05) is 13.2 Å². The van der Waals surface area contributed by atoms with Crippen molar-refractivity contribution in [3.05, 3.63) is 23.3 Å². The van der Waals surface area contributed by atoms with Crippen LogP contribution in [-0.2, 0) is 10.2 Å². The minimum atomic E-state index is -0.752. The highest BCUT2D eigenvalue weighted by molar-refractivity contribution is 5.82. The first-order valence-corrected chi connectivity index (χ1v) is 7.28. The summed E-state index contributed by atoms with van der Waals surface area (Å²) < 4.78 is 11.3. The van der Waals surface area contributed by atoms with Crippen LogP contribution in [-0.4, -0.2) is 24.3 Å². The van der Waals surface area contributed by atoms with Crippen LogP contribution in [0.2, 0.25) is 0 Å². The van der Waals surface area contributed by atoms with Gasteiger partial charge >= 0.3 is 5.97 Å². The van der Waals surface area contributed by atoms with Gasteiger partial charge in [-0.25, -0.2) is 0 Å². The van der Waals surface area contributed by atoms with Crippen molar-refractivity contribution in [3.8, 4) is 11.5 Å². The fourth-order valence-corrected chi connectivity index (χ4v) is 3.53. The Kier molecular flexibility index (Phi) is 3.32. The summed E-state index contributed by atoms with van der Waals surface area (Å²) in [6, 6.07) is 3.78. The van der Waals surface area contributed by atoms with Crippen molar-refractivity contribution in [1.82, 2.24) is 0 Å². The summed E-state index contributed by atoms with van der Waals surface area (Å²) in [6.07, 6.45) is 4.49. The number of benzene rings is 1. The molecule has 0 amide bonds. The van der Waals surface area contributed by atoms with E-state index in [0.29, 0.717) is 26.1 Å². The van der Waals surface area contributed by atoms with Gasteiger partial charge in [0, 0.05) is 0 Å². The first-order valence-electron chi connectivity index (χ1n) is 7.28. The van der Waals surface area contributed by atoms with Gasteiger partial charge in [0.1, 0.15) is 13.2 Å². The molecule has 4 nitrogen and oxygen atoms in total. The van der Waals surface area contributed by atoms with Crippen LogP contribution in [0.3, 0.4) is 0 Å². The van der Waals surface area contributed by atoms with Crippen LogP contribution in [0.4, 0.5) is 0 Å². The van der Waals surface area contributed by atoms with Crippen LogP contribution in [0.15, 0.2) is 12.1 Å². The van der Waals surface area contributed by atoms with Crippen molar-refractivity contribution in [2.24, 2.45) is 0 Å². The molecule has 3 rings (SSSR count). The summed E-state index contributed by atoms with van der Waals surface area (Å²) in [5.74, 6) is 0.741. The zero-order chi connectivity index (χ0) is 14.2. The molecule has 1 aromatic carbocycles. The summed E-state index contributed by atoms with van der Waals surface area (Å²) in [5, 5.41) is 9.80. The summed E-state index contributed by atoms with van der Waals surface area (Å²) in [5.41, 5.74) is 1.07. The maximum atomic E-state index is 11.9. The Morgan fingerprint density at radius 1 is 1.15 bits per heavy atom. The molecule has 1 heterocycles. The molecular formula is C16H20O4. The Bertz CT molecular complexity index is 530. The molecule has 0 saturated heterocycles. The molecule has 1 N–H and O–H groups in total. The van der Waals surface area contributed by atoms with Gasteiger partial charge in [0.25, 0.3) is 0 Å². The molecule has 1 aromatic rings. The molecule has 1 aliphatic carbocycles. The third kappa shape index (κ3) is 1.94. The van der Waals surface area contributed by atoms with Gasteiger partial charge in [-0.15, -0.1) is 0 Å². The first kappa shape index (κ1) is 13.3. The van der Waals surface area contributed by atoms with Crippen molar-refractivity contribution >= 4 is 5.97 Å². The topological polar surface area (TPSA) is 55.8 Å². The van der Waals surface area contributed by atoms with E-state index in [2.05, 4.69) is 0 Å². The molecule has 0 radical (unpaired) electrons.